The molecular weight excluding hydrogens is 306 g/mol. The summed E-state index contributed by atoms with van der Waals surface area (Å²) < 4.78 is 25.3. The van der Waals surface area contributed by atoms with Crippen LogP contribution in [0, 0.1) is 11.3 Å². The van der Waals surface area contributed by atoms with Crippen LogP contribution in [-0.2, 0) is 15.6 Å². The molecule has 0 amide bonds. The second-order valence-electron chi connectivity index (χ2n) is 4.66. The fourth-order valence-electron chi connectivity index (χ4n) is 2.14. The third-order valence-electron chi connectivity index (χ3n) is 3.20. The van der Waals surface area contributed by atoms with Crippen molar-refractivity contribution in [2.45, 2.75) is 17.4 Å². The minimum atomic E-state index is -3.52. The van der Waals surface area contributed by atoms with E-state index in [2.05, 4.69) is 0 Å². The molecule has 0 aromatic heterocycles. The second-order valence-corrected chi connectivity index (χ2v) is 7.25. The lowest BCUT2D eigenvalue weighted by atomic mass is 10.1. The molecule has 0 saturated carbocycles. The van der Waals surface area contributed by atoms with Crippen molar-refractivity contribution < 1.29 is 8.42 Å². The largest absolute Gasteiger partial charge is 0.228 e. The van der Waals surface area contributed by atoms with Gasteiger partial charge in [0.1, 0.15) is 0 Å². The topological polar surface area (TPSA) is 57.9 Å². The molecule has 0 spiro atoms. The number of benzene rings is 2. The van der Waals surface area contributed by atoms with Crippen molar-refractivity contribution in [1.29, 1.82) is 5.26 Å². The second kappa shape index (κ2) is 6.75. The highest BCUT2D eigenvalue weighted by Gasteiger charge is 2.27. The summed E-state index contributed by atoms with van der Waals surface area (Å²) in [6.45, 7) is 0. The fourth-order valence-corrected chi connectivity index (χ4v) is 4.20. The summed E-state index contributed by atoms with van der Waals surface area (Å²) in [5.74, 6) is -0.173. The van der Waals surface area contributed by atoms with Crippen molar-refractivity contribution in [3.05, 3.63) is 70.7 Å². The van der Waals surface area contributed by atoms with Gasteiger partial charge in [0.15, 0.2) is 9.84 Å². The standard InChI is InChI=1S/C16H14ClNO2S/c17-15-9-5-4-8-14(15)12-21(19,20)16(10-11-18)13-6-2-1-3-7-13/h1-9,16H,10,12H2. The zero-order chi connectivity index (χ0) is 15.3. The molecule has 1 unspecified atom stereocenters. The molecule has 0 radical (unpaired) electrons. The number of hydrogen-bond donors (Lipinski definition) is 0. The first-order chi connectivity index (χ1) is 10.0. The molecule has 21 heavy (non-hydrogen) atoms. The van der Waals surface area contributed by atoms with Crippen LogP contribution in [0.3, 0.4) is 0 Å². The zero-order valence-corrected chi connectivity index (χ0v) is 12.8. The van der Waals surface area contributed by atoms with Crippen molar-refractivity contribution in [1.82, 2.24) is 0 Å². The van der Waals surface area contributed by atoms with Gasteiger partial charge in [0.25, 0.3) is 0 Å². The van der Waals surface area contributed by atoms with Crippen LogP contribution >= 0.6 is 11.6 Å². The summed E-state index contributed by atoms with van der Waals surface area (Å²) in [6, 6.07) is 17.6. The Bertz CT molecular complexity index is 751. The fraction of sp³-hybridized carbons (Fsp3) is 0.188. The van der Waals surface area contributed by atoms with Gasteiger partial charge in [0.05, 0.1) is 23.5 Å². The van der Waals surface area contributed by atoms with Crippen molar-refractivity contribution in [3.8, 4) is 6.07 Å². The van der Waals surface area contributed by atoms with E-state index >= 15 is 0 Å². The maximum absolute atomic E-state index is 12.6. The van der Waals surface area contributed by atoms with Gasteiger partial charge in [-0.3, -0.25) is 0 Å². The number of hydrogen-bond acceptors (Lipinski definition) is 3. The maximum Gasteiger partial charge on any atom is 0.162 e. The van der Waals surface area contributed by atoms with Crippen LogP contribution in [0.5, 0.6) is 0 Å². The lowest BCUT2D eigenvalue weighted by Crippen LogP contribution is -2.15. The summed E-state index contributed by atoms with van der Waals surface area (Å²) in [7, 11) is -3.52. The van der Waals surface area contributed by atoms with Crippen LogP contribution < -0.4 is 0 Å². The van der Waals surface area contributed by atoms with E-state index in [4.69, 9.17) is 16.9 Å². The van der Waals surface area contributed by atoms with Crippen LogP contribution in [0.1, 0.15) is 22.8 Å². The Morgan fingerprint density at radius 2 is 1.67 bits per heavy atom. The summed E-state index contributed by atoms with van der Waals surface area (Å²) in [6.07, 6.45) is -0.0726. The van der Waals surface area contributed by atoms with Gasteiger partial charge < -0.3 is 0 Å². The third kappa shape index (κ3) is 3.84. The van der Waals surface area contributed by atoms with Crippen LogP contribution in [0.25, 0.3) is 0 Å². The van der Waals surface area contributed by atoms with Gasteiger partial charge in [-0.05, 0) is 17.2 Å². The Morgan fingerprint density at radius 3 is 2.29 bits per heavy atom. The van der Waals surface area contributed by atoms with Crippen LogP contribution in [-0.4, -0.2) is 8.42 Å². The van der Waals surface area contributed by atoms with Crippen LogP contribution in [0.15, 0.2) is 54.6 Å². The van der Waals surface area contributed by atoms with E-state index in [0.29, 0.717) is 16.1 Å². The Balaban J connectivity index is 2.36. The smallest absolute Gasteiger partial charge is 0.162 e. The molecule has 0 N–H and O–H groups in total. The normalized spacial score (nSPS) is 12.6. The number of sulfone groups is 1. The summed E-state index contributed by atoms with van der Waals surface area (Å²) in [5, 5.41) is 8.53. The van der Waals surface area contributed by atoms with E-state index < -0.39 is 15.1 Å². The molecule has 0 aliphatic carbocycles. The van der Waals surface area contributed by atoms with Gasteiger partial charge in [0, 0.05) is 5.02 Å². The molecular formula is C16H14ClNO2S. The minimum Gasteiger partial charge on any atom is -0.228 e. The quantitative estimate of drug-likeness (QED) is 0.839. The van der Waals surface area contributed by atoms with E-state index in [1.165, 1.54) is 0 Å². The van der Waals surface area contributed by atoms with Crippen molar-refractivity contribution in [2.75, 3.05) is 0 Å². The molecule has 2 rings (SSSR count). The third-order valence-corrected chi connectivity index (χ3v) is 5.58. The predicted molar refractivity (Wildman–Crippen MR) is 83.5 cm³/mol. The average Bonchev–Trinajstić information content (AvgIpc) is 2.48. The highest BCUT2D eigenvalue weighted by Crippen LogP contribution is 2.30. The molecule has 0 fully saturated rings. The zero-order valence-electron chi connectivity index (χ0n) is 11.2. The molecule has 0 aliphatic heterocycles. The van der Waals surface area contributed by atoms with Gasteiger partial charge >= 0.3 is 0 Å². The minimum absolute atomic E-state index is 0.0726. The lowest BCUT2D eigenvalue weighted by molar-refractivity contribution is 0.581. The summed E-state index contributed by atoms with van der Waals surface area (Å²) in [4.78, 5) is 0. The monoisotopic (exact) mass is 319 g/mol. The van der Waals surface area contributed by atoms with Crippen LogP contribution in [0.2, 0.25) is 5.02 Å². The van der Waals surface area contributed by atoms with E-state index in [0.717, 1.165) is 0 Å². The summed E-state index contributed by atoms with van der Waals surface area (Å²) >= 11 is 6.03. The number of halogens is 1. The average molecular weight is 320 g/mol. The SMILES string of the molecule is N#CCC(c1ccccc1)S(=O)(=O)Cc1ccccc1Cl. The Kier molecular flexibility index (Phi) is 5.00. The first kappa shape index (κ1) is 15.6. The molecule has 108 valence electrons. The maximum atomic E-state index is 12.6. The molecule has 0 heterocycles. The van der Waals surface area contributed by atoms with Crippen molar-refractivity contribution in [3.63, 3.8) is 0 Å². The van der Waals surface area contributed by atoms with Crippen molar-refractivity contribution in [2.24, 2.45) is 0 Å². The van der Waals surface area contributed by atoms with Gasteiger partial charge in [-0.2, -0.15) is 5.26 Å². The molecule has 1 atom stereocenters. The van der Waals surface area contributed by atoms with Crippen LogP contribution in [0.4, 0.5) is 0 Å². The van der Waals surface area contributed by atoms with Gasteiger partial charge in [-0.15, -0.1) is 0 Å². The molecule has 5 heteroatoms. The first-order valence-electron chi connectivity index (χ1n) is 6.41. The highest BCUT2D eigenvalue weighted by atomic mass is 35.5. The Labute approximate surface area is 129 Å². The predicted octanol–water partition coefficient (Wildman–Crippen LogP) is 3.91. The number of nitriles is 1. The number of nitrogens with zero attached hydrogens (tertiary/aromatic N) is 1. The Morgan fingerprint density at radius 1 is 1.05 bits per heavy atom. The van der Waals surface area contributed by atoms with Gasteiger partial charge in [-0.1, -0.05) is 60.1 Å². The number of rotatable bonds is 5. The molecule has 0 aliphatic rings. The van der Waals surface area contributed by atoms with E-state index in [1.54, 1.807) is 48.5 Å². The molecule has 0 saturated heterocycles. The highest BCUT2D eigenvalue weighted by molar-refractivity contribution is 7.90. The molecule has 2 aromatic carbocycles. The van der Waals surface area contributed by atoms with Gasteiger partial charge in [0.2, 0.25) is 0 Å². The molecule has 2 aromatic rings. The van der Waals surface area contributed by atoms with Gasteiger partial charge in [-0.25, -0.2) is 8.42 Å². The first-order valence-corrected chi connectivity index (χ1v) is 8.51. The van der Waals surface area contributed by atoms with E-state index in [1.807, 2.05) is 12.1 Å². The van der Waals surface area contributed by atoms with E-state index in [-0.39, 0.29) is 12.2 Å². The lowest BCUT2D eigenvalue weighted by Gasteiger charge is -2.16. The Hall–Kier alpha value is -1.83. The molecule has 3 nitrogen and oxygen atoms in total. The van der Waals surface area contributed by atoms with E-state index in [9.17, 15) is 8.42 Å². The summed E-state index contributed by atoms with van der Waals surface area (Å²) in [5.41, 5.74) is 1.18. The van der Waals surface area contributed by atoms with Crippen molar-refractivity contribution >= 4 is 21.4 Å². The molecule has 0 bridgehead atoms.